The summed E-state index contributed by atoms with van der Waals surface area (Å²) < 4.78 is 2.15. The molecule has 0 saturated heterocycles. The van der Waals surface area contributed by atoms with E-state index in [1.165, 1.54) is 0 Å². The number of nitrogens with zero attached hydrogens (tertiary/aromatic N) is 3. The molecule has 0 bridgehead atoms. The maximum absolute atomic E-state index is 6.34. The number of benzene rings is 2. The summed E-state index contributed by atoms with van der Waals surface area (Å²) >= 11 is 6.34. The van der Waals surface area contributed by atoms with Gasteiger partial charge in [-0.2, -0.15) is 0 Å². The van der Waals surface area contributed by atoms with E-state index in [1.807, 2.05) is 67.7 Å². The third-order valence-electron chi connectivity index (χ3n) is 4.79. The van der Waals surface area contributed by atoms with Crippen LogP contribution in [0.1, 0.15) is 12.6 Å². The van der Waals surface area contributed by atoms with Crippen LogP contribution in [0.4, 0.5) is 0 Å². The van der Waals surface area contributed by atoms with Gasteiger partial charge < -0.3 is 0 Å². The normalized spacial score (nSPS) is 12.5. The molecule has 27 heavy (non-hydrogen) atoms. The highest BCUT2D eigenvalue weighted by Gasteiger charge is 2.14. The van der Waals surface area contributed by atoms with Crippen LogP contribution in [-0.2, 0) is 0 Å². The molecule has 0 aliphatic heterocycles. The SMILES string of the molecule is C/C=C\C=C/c1cnc2c3nc4ccccc4cc3c3cc(Cl)ccc3n12. The molecule has 0 spiro atoms. The lowest BCUT2D eigenvalue weighted by Crippen LogP contribution is -1.95. The number of halogens is 1. The second-order valence-corrected chi connectivity index (χ2v) is 6.90. The molecule has 0 radical (unpaired) electrons. The zero-order valence-corrected chi connectivity index (χ0v) is 15.5. The molecule has 0 aliphatic carbocycles. The lowest BCUT2D eigenvalue weighted by molar-refractivity contribution is 1.24. The van der Waals surface area contributed by atoms with Crippen molar-refractivity contribution in [3.05, 3.63) is 83.7 Å². The van der Waals surface area contributed by atoms with Gasteiger partial charge in [0.2, 0.25) is 0 Å². The van der Waals surface area contributed by atoms with Crippen molar-refractivity contribution >= 4 is 56.0 Å². The number of fused-ring (bicyclic) bond motifs is 7. The van der Waals surface area contributed by atoms with Gasteiger partial charge in [-0.3, -0.25) is 4.40 Å². The van der Waals surface area contributed by atoms with E-state index >= 15 is 0 Å². The summed E-state index contributed by atoms with van der Waals surface area (Å²) in [5.74, 6) is 0. The van der Waals surface area contributed by atoms with Crippen LogP contribution in [-0.4, -0.2) is 14.4 Å². The first-order chi connectivity index (χ1) is 13.3. The number of para-hydroxylation sites is 1. The van der Waals surface area contributed by atoms with Crippen LogP contribution in [0.3, 0.4) is 0 Å². The Morgan fingerprint density at radius 3 is 2.78 bits per heavy atom. The molecule has 3 heterocycles. The Balaban J connectivity index is 2.01. The van der Waals surface area contributed by atoms with Crippen LogP contribution in [0, 0.1) is 0 Å². The molecule has 4 heteroatoms. The van der Waals surface area contributed by atoms with Crippen molar-refractivity contribution < 1.29 is 0 Å². The molecule has 0 aliphatic rings. The number of rotatable bonds is 2. The summed E-state index contributed by atoms with van der Waals surface area (Å²) in [6.45, 7) is 2.00. The average molecular weight is 370 g/mol. The van der Waals surface area contributed by atoms with Gasteiger partial charge in [-0.15, -0.1) is 0 Å². The van der Waals surface area contributed by atoms with Crippen LogP contribution in [0.25, 0.3) is 44.4 Å². The Morgan fingerprint density at radius 1 is 1.00 bits per heavy atom. The Labute approximate surface area is 161 Å². The first-order valence-corrected chi connectivity index (χ1v) is 9.21. The van der Waals surface area contributed by atoms with Gasteiger partial charge >= 0.3 is 0 Å². The molecule has 5 rings (SSSR count). The van der Waals surface area contributed by atoms with E-state index in [-0.39, 0.29) is 0 Å². The van der Waals surface area contributed by atoms with Crippen molar-refractivity contribution in [3.8, 4) is 0 Å². The molecule has 0 atom stereocenters. The van der Waals surface area contributed by atoms with Gasteiger partial charge in [0.05, 0.1) is 22.9 Å². The number of hydrogen-bond donors (Lipinski definition) is 0. The first kappa shape index (κ1) is 16.0. The standard InChI is InChI=1S/C23H16ClN3/c1-2-3-4-8-17-14-25-23-22-19(12-15-7-5-6-9-20(15)26-22)18-13-16(24)10-11-21(18)27(17)23/h2-14H,1H3/b3-2-,8-4-. The van der Waals surface area contributed by atoms with Crippen molar-refractivity contribution in [1.82, 2.24) is 14.4 Å². The summed E-state index contributed by atoms with van der Waals surface area (Å²) in [5.41, 5.74) is 4.77. The lowest BCUT2D eigenvalue weighted by Gasteiger charge is -2.10. The maximum Gasteiger partial charge on any atom is 0.164 e. The van der Waals surface area contributed by atoms with Gasteiger partial charge in [-0.25, -0.2) is 9.97 Å². The largest absolute Gasteiger partial charge is 0.291 e. The summed E-state index contributed by atoms with van der Waals surface area (Å²) in [6, 6.07) is 16.3. The van der Waals surface area contributed by atoms with Gasteiger partial charge in [0, 0.05) is 21.2 Å². The summed E-state index contributed by atoms with van der Waals surface area (Å²) in [4.78, 5) is 9.63. The van der Waals surface area contributed by atoms with Crippen molar-refractivity contribution in [2.45, 2.75) is 6.92 Å². The Hall–Kier alpha value is -3.17. The van der Waals surface area contributed by atoms with Crippen molar-refractivity contribution in [2.75, 3.05) is 0 Å². The van der Waals surface area contributed by atoms with Crippen LogP contribution >= 0.6 is 11.6 Å². The molecule has 3 aromatic heterocycles. The van der Waals surface area contributed by atoms with E-state index in [0.29, 0.717) is 5.02 Å². The van der Waals surface area contributed by atoms with Gasteiger partial charge in [-0.1, -0.05) is 48.0 Å². The number of pyridine rings is 2. The molecular formula is C23H16ClN3. The molecule has 0 saturated carbocycles. The molecule has 2 aromatic carbocycles. The second-order valence-electron chi connectivity index (χ2n) is 6.47. The fourth-order valence-electron chi connectivity index (χ4n) is 3.58. The summed E-state index contributed by atoms with van der Waals surface area (Å²) in [6.07, 6.45) is 9.97. The molecule has 0 unspecified atom stereocenters. The third-order valence-corrected chi connectivity index (χ3v) is 5.02. The minimum atomic E-state index is 0.711. The molecule has 0 fully saturated rings. The number of allylic oxidation sites excluding steroid dienone is 3. The van der Waals surface area contributed by atoms with E-state index < -0.39 is 0 Å². The van der Waals surface area contributed by atoms with Gasteiger partial charge in [0.15, 0.2) is 5.65 Å². The smallest absolute Gasteiger partial charge is 0.164 e. The van der Waals surface area contributed by atoms with E-state index in [0.717, 1.165) is 44.0 Å². The van der Waals surface area contributed by atoms with Gasteiger partial charge in [0.25, 0.3) is 0 Å². The topological polar surface area (TPSA) is 30.2 Å². The Kier molecular flexibility index (Phi) is 3.69. The fourth-order valence-corrected chi connectivity index (χ4v) is 3.75. The van der Waals surface area contributed by atoms with Crippen molar-refractivity contribution in [1.29, 1.82) is 0 Å². The van der Waals surface area contributed by atoms with E-state index in [1.54, 1.807) is 0 Å². The van der Waals surface area contributed by atoms with Crippen LogP contribution in [0.5, 0.6) is 0 Å². The van der Waals surface area contributed by atoms with Gasteiger partial charge in [0.1, 0.15) is 5.52 Å². The highest BCUT2D eigenvalue weighted by atomic mass is 35.5. The molecule has 0 amide bonds. The van der Waals surface area contributed by atoms with E-state index in [4.69, 9.17) is 21.6 Å². The monoisotopic (exact) mass is 369 g/mol. The molecule has 3 nitrogen and oxygen atoms in total. The van der Waals surface area contributed by atoms with Crippen LogP contribution < -0.4 is 0 Å². The third kappa shape index (κ3) is 2.51. The second kappa shape index (κ2) is 6.22. The molecule has 130 valence electrons. The molecule has 5 aromatic rings. The maximum atomic E-state index is 6.34. The zero-order valence-electron chi connectivity index (χ0n) is 14.7. The van der Waals surface area contributed by atoms with E-state index in [9.17, 15) is 0 Å². The predicted molar refractivity (Wildman–Crippen MR) is 114 cm³/mol. The van der Waals surface area contributed by atoms with Crippen LogP contribution in [0.2, 0.25) is 5.02 Å². The van der Waals surface area contributed by atoms with Gasteiger partial charge in [-0.05, 0) is 43.3 Å². The van der Waals surface area contributed by atoms with Crippen LogP contribution in [0.15, 0.2) is 73.0 Å². The highest BCUT2D eigenvalue weighted by molar-refractivity contribution is 6.32. The van der Waals surface area contributed by atoms with E-state index in [2.05, 4.69) is 22.6 Å². The van der Waals surface area contributed by atoms with Crippen molar-refractivity contribution in [2.24, 2.45) is 0 Å². The number of hydrogen-bond acceptors (Lipinski definition) is 2. The molecule has 0 N–H and O–H groups in total. The lowest BCUT2D eigenvalue weighted by atomic mass is 10.1. The highest BCUT2D eigenvalue weighted by Crippen LogP contribution is 2.33. The average Bonchev–Trinajstić information content (AvgIpc) is 3.11. The quantitative estimate of drug-likeness (QED) is 0.204. The number of imidazole rings is 1. The minimum absolute atomic E-state index is 0.711. The summed E-state index contributed by atoms with van der Waals surface area (Å²) in [7, 11) is 0. The zero-order chi connectivity index (χ0) is 18.4. The Bertz CT molecular complexity index is 1390. The predicted octanol–water partition coefficient (Wildman–Crippen LogP) is 6.43. The minimum Gasteiger partial charge on any atom is -0.291 e. The van der Waals surface area contributed by atoms with Crippen molar-refractivity contribution in [3.63, 3.8) is 0 Å². The fraction of sp³-hybridized carbons (Fsp3) is 0.0435. The molecular weight excluding hydrogens is 354 g/mol. The summed E-state index contributed by atoms with van der Waals surface area (Å²) in [5, 5.41) is 3.95. The first-order valence-electron chi connectivity index (χ1n) is 8.84. The number of aromatic nitrogens is 3. The Morgan fingerprint density at radius 2 is 1.89 bits per heavy atom.